The summed E-state index contributed by atoms with van der Waals surface area (Å²) in [6.45, 7) is 12.2. The summed E-state index contributed by atoms with van der Waals surface area (Å²) in [4.78, 5) is 0. The maximum absolute atomic E-state index is 5.44. The molecule has 6 aromatic rings. The number of aromatic nitrogens is 3. The van der Waals surface area contributed by atoms with Gasteiger partial charge in [0.15, 0.2) is 0 Å². The van der Waals surface area contributed by atoms with Crippen LogP contribution in [0.15, 0.2) is 114 Å². The van der Waals surface area contributed by atoms with E-state index < -0.39 is 0 Å². The van der Waals surface area contributed by atoms with Crippen molar-refractivity contribution in [1.29, 1.82) is 0 Å². The first-order chi connectivity index (χ1) is 23.4. The second-order valence-electron chi connectivity index (χ2n) is 13.8. The van der Waals surface area contributed by atoms with E-state index in [9.17, 15) is 0 Å². The monoisotopic (exact) mass is 631 g/mol. The van der Waals surface area contributed by atoms with Gasteiger partial charge in [-0.25, -0.2) is 0 Å². The third-order valence-electron chi connectivity index (χ3n) is 9.93. The van der Waals surface area contributed by atoms with Gasteiger partial charge >= 0.3 is 0 Å². The van der Waals surface area contributed by atoms with Crippen LogP contribution >= 0.6 is 0 Å². The molecule has 1 aliphatic rings. The SMILES string of the molecule is CCC1C=c2c(-c3ccc(C)cc3)c3[nH]nnc3c(-c3ccc(C(C)C(Cc4ccccc4)c4ccccc4)cc3)c2=NN1CC(C)C. The second-order valence-corrected chi connectivity index (χ2v) is 13.8. The molecule has 5 heteroatoms. The molecule has 0 amide bonds. The van der Waals surface area contributed by atoms with Crippen LogP contribution in [0.5, 0.6) is 0 Å². The fraction of sp³-hybridized carbons (Fsp3) is 0.279. The van der Waals surface area contributed by atoms with E-state index in [2.05, 4.69) is 165 Å². The van der Waals surface area contributed by atoms with Crippen LogP contribution in [-0.2, 0) is 6.42 Å². The summed E-state index contributed by atoms with van der Waals surface area (Å²) in [5.41, 5.74) is 11.5. The summed E-state index contributed by atoms with van der Waals surface area (Å²) in [6, 6.07) is 39.9. The Morgan fingerprint density at radius 1 is 0.750 bits per heavy atom. The van der Waals surface area contributed by atoms with Crippen LogP contribution in [0.25, 0.3) is 39.4 Å². The molecule has 0 radical (unpaired) electrons. The van der Waals surface area contributed by atoms with Crippen molar-refractivity contribution in [3.05, 3.63) is 142 Å². The molecular formula is C43H45N5. The topological polar surface area (TPSA) is 57.2 Å². The summed E-state index contributed by atoms with van der Waals surface area (Å²) in [6.07, 6.45) is 4.39. The second kappa shape index (κ2) is 13.6. The van der Waals surface area contributed by atoms with Crippen molar-refractivity contribution in [3.63, 3.8) is 0 Å². The third-order valence-corrected chi connectivity index (χ3v) is 9.93. The van der Waals surface area contributed by atoms with Crippen LogP contribution < -0.4 is 10.6 Å². The minimum atomic E-state index is 0.216. The number of nitrogens with one attached hydrogen (secondary N) is 1. The number of H-pyrrole nitrogens is 1. The Morgan fingerprint density at radius 2 is 1.40 bits per heavy atom. The van der Waals surface area contributed by atoms with E-state index >= 15 is 0 Å². The molecule has 7 rings (SSSR count). The number of aryl methyl sites for hydroxylation is 1. The van der Waals surface area contributed by atoms with E-state index in [0.29, 0.717) is 17.8 Å². The molecule has 5 nitrogen and oxygen atoms in total. The number of fused-ring (bicyclic) bond motifs is 2. The minimum absolute atomic E-state index is 0.216. The molecule has 0 saturated carbocycles. The van der Waals surface area contributed by atoms with Crippen molar-refractivity contribution in [2.24, 2.45) is 11.0 Å². The average Bonchev–Trinajstić information content (AvgIpc) is 3.59. The van der Waals surface area contributed by atoms with E-state index in [0.717, 1.165) is 63.2 Å². The minimum Gasteiger partial charge on any atom is -0.289 e. The maximum Gasteiger partial charge on any atom is 0.123 e. The predicted octanol–water partition coefficient (Wildman–Crippen LogP) is 8.80. The number of nitrogens with zero attached hydrogens (tertiary/aromatic N) is 4. The molecule has 3 unspecified atom stereocenters. The molecular weight excluding hydrogens is 587 g/mol. The zero-order valence-electron chi connectivity index (χ0n) is 28.7. The molecule has 0 fully saturated rings. The molecule has 3 atom stereocenters. The standard InChI is InChI=1S/C43H45N5/c1-6-36-26-38-39(34-19-17-29(4)18-20-34)42-43(45-47-44-42)40(41(38)46-48(36)27-28(2)3)35-23-21-32(22-24-35)30(5)37(33-15-11-8-12-16-33)25-31-13-9-7-10-14-31/h7-24,26,28,30,36-37H,6,25,27H2,1-5H3,(H,44,45). The highest BCUT2D eigenvalue weighted by atomic mass is 15.5. The van der Waals surface area contributed by atoms with Gasteiger partial charge < -0.3 is 0 Å². The van der Waals surface area contributed by atoms with E-state index in [4.69, 9.17) is 10.2 Å². The lowest BCUT2D eigenvalue weighted by molar-refractivity contribution is 0.206. The summed E-state index contributed by atoms with van der Waals surface area (Å²) >= 11 is 0. The van der Waals surface area contributed by atoms with Crippen molar-refractivity contribution in [2.45, 2.75) is 65.3 Å². The lowest BCUT2D eigenvalue weighted by Crippen LogP contribution is -2.44. The van der Waals surface area contributed by atoms with E-state index in [1.165, 1.54) is 22.3 Å². The largest absolute Gasteiger partial charge is 0.289 e. The Hall–Kier alpha value is -5.03. The van der Waals surface area contributed by atoms with Crippen molar-refractivity contribution in [1.82, 2.24) is 20.4 Å². The van der Waals surface area contributed by atoms with Crippen molar-refractivity contribution in [3.8, 4) is 22.3 Å². The Kier molecular flexibility index (Phi) is 8.94. The van der Waals surface area contributed by atoms with Crippen LogP contribution in [0, 0.1) is 12.8 Å². The van der Waals surface area contributed by atoms with Gasteiger partial charge in [0.2, 0.25) is 0 Å². The average molecular weight is 632 g/mol. The third kappa shape index (κ3) is 6.17. The molecule has 242 valence electrons. The smallest absolute Gasteiger partial charge is 0.123 e. The molecule has 0 saturated heterocycles. The van der Waals surface area contributed by atoms with E-state index in [-0.39, 0.29) is 6.04 Å². The quantitative estimate of drug-likeness (QED) is 0.164. The van der Waals surface area contributed by atoms with Gasteiger partial charge in [0.05, 0.1) is 11.6 Å². The molecule has 0 spiro atoms. The zero-order chi connectivity index (χ0) is 33.2. The molecule has 1 aromatic heterocycles. The first-order valence-corrected chi connectivity index (χ1v) is 17.4. The van der Waals surface area contributed by atoms with Gasteiger partial charge in [0.1, 0.15) is 10.9 Å². The van der Waals surface area contributed by atoms with Gasteiger partial charge in [0, 0.05) is 22.9 Å². The van der Waals surface area contributed by atoms with Crippen molar-refractivity contribution in [2.75, 3.05) is 6.54 Å². The molecule has 1 N–H and O–H groups in total. The van der Waals surface area contributed by atoms with Gasteiger partial charge in [0.25, 0.3) is 0 Å². The Bertz CT molecular complexity index is 2110. The number of benzene rings is 5. The highest BCUT2D eigenvalue weighted by Crippen LogP contribution is 2.37. The van der Waals surface area contributed by atoms with E-state index in [1.54, 1.807) is 0 Å². The predicted molar refractivity (Wildman–Crippen MR) is 198 cm³/mol. The van der Waals surface area contributed by atoms with Crippen LogP contribution in [0.2, 0.25) is 0 Å². The van der Waals surface area contributed by atoms with Crippen LogP contribution in [0.3, 0.4) is 0 Å². The first kappa shape index (κ1) is 31.6. The highest BCUT2D eigenvalue weighted by molar-refractivity contribution is 6.00. The van der Waals surface area contributed by atoms with Gasteiger partial charge in [-0.3, -0.25) is 10.1 Å². The molecule has 48 heavy (non-hydrogen) atoms. The van der Waals surface area contributed by atoms with Gasteiger partial charge in [-0.05, 0) is 65.3 Å². The molecule has 0 aliphatic carbocycles. The summed E-state index contributed by atoms with van der Waals surface area (Å²) in [5, 5.41) is 22.2. The number of aromatic amines is 1. The first-order valence-electron chi connectivity index (χ1n) is 17.4. The lowest BCUT2D eigenvalue weighted by atomic mass is 9.78. The molecule has 2 heterocycles. The Morgan fingerprint density at radius 3 is 2.06 bits per heavy atom. The van der Waals surface area contributed by atoms with Crippen molar-refractivity contribution < 1.29 is 0 Å². The highest BCUT2D eigenvalue weighted by Gasteiger charge is 2.26. The Balaban J connectivity index is 1.37. The van der Waals surface area contributed by atoms with Crippen LogP contribution in [0.4, 0.5) is 0 Å². The Labute approximate surface area is 284 Å². The normalized spacial score (nSPS) is 15.5. The summed E-state index contributed by atoms with van der Waals surface area (Å²) in [7, 11) is 0. The van der Waals surface area contributed by atoms with Crippen LogP contribution in [-0.4, -0.2) is 33.0 Å². The number of rotatable bonds is 10. The number of hydrogen-bond acceptors (Lipinski definition) is 4. The van der Waals surface area contributed by atoms with E-state index in [1.807, 2.05) is 0 Å². The summed E-state index contributed by atoms with van der Waals surface area (Å²) < 4.78 is 0. The summed E-state index contributed by atoms with van der Waals surface area (Å²) in [5.74, 6) is 1.16. The van der Waals surface area contributed by atoms with Gasteiger partial charge in [-0.15, -0.1) is 5.10 Å². The van der Waals surface area contributed by atoms with Crippen LogP contribution in [0.1, 0.15) is 68.2 Å². The lowest BCUT2D eigenvalue weighted by Gasteiger charge is -2.31. The molecule has 1 aliphatic heterocycles. The zero-order valence-corrected chi connectivity index (χ0v) is 28.7. The fourth-order valence-corrected chi connectivity index (χ4v) is 7.33. The van der Waals surface area contributed by atoms with Crippen molar-refractivity contribution >= 4 is 17.1 Å². The fourth-order valence-electron chi connectivity index (χ4n) is 7.33. The molecule has 0 bridgehead atoms. The molecule has 5 aromatic carbocycles. The number of hydrogen-bond donors (Lipinski definition) is 1. The maximum atomic E-state index is 5.44. The van der Waals surface area contributed by atoms with Gasteiger partial charge in [-0.2, -0.15) is 5.10 Å². The van der Waals surface area contributed by atoms with Gasteiger partial charge in [-0.1, -0.05) is 154 Å².